The molecular weight excluding hydrogens is 386 g/mol. The van der Waals surface area contributed by atoms with Gasteiger partial charge in [0.15, 0.2) is 0 Å². The van der Waals surface area contributed by atoms with E-state index < -0.39 is 10.0 Å². The van der Waals surface area contributed by atoms with Crippen LogP contribution in [0.15, 0.2) is 29.2 Å². The molecule has 1 aromatic carbocycles. The molecule has 2 aliphatic heterocycles. The quantitative estimate of drug-likeness (QED) is 0.708. The summed E-state index contributed by atoms with van der Waals surface area (Å²) < 4.78 is 28.1. The Morgan fingerprint density at radius 1 is 1.07 bits per heavy atom. The zero-order chi connectivity index (χ0) is 21.2. The number of aryl methyl sites for hydroxylation is 1. The van der Waals surface area contributed by atoms with Gasteiger partial charge in [0, 0.05) is 50.7 Å². The van der Waals surface area contributed by atoms with Gasteiger partial charge in [0.25, 0.3) is 0 Å². The molecule has 0 unspecified atom stereocenters. The van der Waals surface area contributed by atoms with Crippen molar-refractivity contribution in [2.45, 2.75) is 57.4 Å². The number of carbonyl (C=O) groups is 1. The van der Waals surface area contributed by atoms with E-state index in [9.17, 15) is 13.2 Å². The fraction of sp³-hybridized carbons (Fsp3) is 0.682. The number of sulfonamides is 1. The van der Waals surface area contributed by atoms with Crippen LogP contribution in [0.2, 0.25) is 0 Å². The molecule has 6 nitrogen and oxygen atoms in total. The van der Waals surface area contributed by atoms with E-state index in [0.29, 0.717) is 37.5 Å². The average molecular weight is 422 g/mol. The average Bonchev–Trinajstić information content (AvgIpc) is 3.19. The minimum atomic E-state index is -3.47. The number of likely N-dealkylation sites (tertiary alicyclic amines) is 1. The summed E-state index contributed by atoms with van der Waals surface area (Å²) in [6.45, 7) is 12.1. The number of hydrogen-bond donors (Lipinski definition) is 0. The molecule has 0 saturated carbocycles. The largest absolute Gasteiger partial charge is 0.341 e. The highest BCUT2D eigenvalue weighted by molar-refractivity contribution is 7.89. The number of amides is 1. The van der Waals surface area contributed by atoms with Gasteiger partial charge in [-0.05, 0) is 30.9 Å². The number of piperazine rings is 1. The van der Waals surface area contributed by atoms with Gasteiger partial charge in [0.05, 0.1) is 4.90 Å². The minimum absolute atomic E-state index is 0.0169. The predicted molar refractivity (Wildman–Crippen MR) is 115 cm³/mol. The molecule has 2 saturated heterocycles. The summed E-state index contributed by atoms with van der Waals surface area (Å²) in [6.07, 6.45) is 2.64. The van der Waals surface area contributed by atoms with Crippen LogP contribution in [0.25, 0.3) is 0 Å². The first-order valence-electron chi connectivity index (χ1n) is 10.9. The monoisotopic (exact) mass is 421 g/mol. The Morgan fingerprint density at radius 3 is 2.31 bits per heavy atom. The van der Waals surface area contributed by atoms with Crippen LogP contribution in [0, 0.1) is 5.92 Å². The van der Waals surface area contributed by atoms with Gasteiger partial charge in [-0.2, -0.15) is 4.31 Å². The molecule has 29 heavy (non-hydrogen) atoms. The maximum absolute atomic E-state index is 13.2. The van der Waals surface area contributed by atoms with Crippen molar-refractivity contribution in [2.75, 3.05) is 39.3 Å². The lowest BCUT2D eigenvalue weighted by Crippen LogP contribution is -2.59. The Kier molecular flexibility index (Phi) is 6.70. The van der Waals surface area contributed by atoms with Crippen LogP contribution in [0.3, 0.4) is 0 Å². The van der Waals surface area contributed by atoms with E-state index >= 15 is 0 Å². The van der Waals surface area contributed by atoms with Crippen molar-refractivity contribution in [1.29, 1.82) is 0 Å². The number of carbonyl (C=O) groups excluding carboxylic acids is 1. The zero-order valence-corrected chi connectivity index (χ0v) is 19.0. The van der Waals surface area contributed by atoms with Gasteiger partial charge in [-0.25, -0.2) is 8.42 Å². The first-order chi connectivity index (χ1) is 13.7. The van der Waals surface area contributed by atoms with E-state index in [1.54, 1.807) is 16.4 Å². The normalized spacial score (nSPS) is 24.4. The van der Waals surface area contributed by atoms with Crippen LogP contribution < -0.4 is 0 Å². The molecule has 1 aromatic rings. The van der Waals surface area contributed by atoms with E-state index in [1.165, 1.54) is 0 Å². The first kappa shape index (κ1) is 22.2. The summed E-state index contributed by atoms with van der Waals surface area (Å²) in [6, 6.07) is 7.31. The summed E-state index contributed by atoms with van der Waals surface area (Å²) in [5.74, 6) is 0.237. The van der Waals surface area contributed by atoms with E-state index in [2.05, 4.69) is 11.8 Å². The number of benzene rings is 1. The fourth-order valence-corrected chi connectivity index (χ4v) is 6.49. The Bertz CT molecular complexity index is 831. The van der Waals surface area contributed by atoms with Crippen molar-refractivity contribution in [3.05, 3.63) is 29.8 Å². The third kappa shape index (κ3) is 4.23. The number of rotatable bonds is 6. The van der Waals surface area contributed by atoms with E-state index in [4.69, 9.17) is 0 Å². The molecule has 7 heteroatoms. The van der Waals surface area contributed by atoms with Crippen LogP contribution in [0.1, 0.15) is 46.1 Å². The summed E-state index contributed by atoms with van der Waals surface area (Å²) in [4.78, 5) is 17.3. The van der Waals surface area contributed by atoms with Crippen molar-refractivity contribution in [2.24, 2.45) is 5.92 Å². The molecule has 0 aromatic heterocycles. The van der Waals surface area contributed by atoms with Crippen LogP contribution in [-0.2, 0) is 21.2 Å². The third-order valence-electron chi connectivity index (χ3n) is 6.68. The maximum Gasteiger partial charge on any atom is 0.243 e. The highest BCUT2D eigenvalue weighted by atomic mass is 32.2. The second-order valence-electron chi connectivity index (χ2n) is 8.59. The standard InChI is InChI=1S/C22H35N3O3S/c1-5-19-9-7-8-10-20(19)29(27,28)25-15-13-24(14-16-25)22(6-2)11-12-23(17-22)21(26)18(3)4/h7-10,18H,5-6,11-17H2,1-4H3/t22-/m0/s1. The summed E-state index contributed by atoms with van der Waals surface area (Å²) in [5, 5.41) is 0. The molecule has 2 aliphatic rings. The molecule has 1 atom stereocenters. The highest BCUT2D eigenvalue weighted by Gasteiger charge is 2.45. The van der Waals surface area contributed by atoms with E-state index in [0.717, 1.165) is 31.5 Å². The van der Waals surface area contributed by atoms with Gasteiger partial charge < -0.3 is 4.90 Å². The maximum atomic E-state index is 13.2. The van der Waals surface area contributed by atoms with Crippen molar-refractivity contribution >= 4 is 15.9 Å². The Hall–Kier alpha value is -1.44. The van der Waals surface area contributed by atoms with Crippen molar-refractivity contribution in [3.63, 3.8) is 0 Å². The lowest BCUT2D eigenvalue weighted by atomic mass is 9.92. The van der Waals surface area contributed by atoms with Gasteiger partial charge in [-0.3, -0.25) is 9.69 Å². The molecule has 1 amide bonds. The van der Waals surface area contributed by atoms with Gasteiger partial charge in [-0.15, -0.1) is 0 Å². The molecule has 0 aliphatic carbocycles. The van der Waals surface area contributed by atoms with Crippen LogP contribution >= 0.6 is 0 Å². The smallest absolute Gasteiger partial charge is 0.243 e. The molecule has 3 rings (SSSR count). The summed E-state index contributed by atoms with van der Waals surface area (Å²) in [5.41, 5.74) is 0.848. The minimum Gasteiger partial charge on any atom is -0.341 e. The van der Waals surface area contributed by atoms with Crippen LogP contribution in [-0.4, -0.2) is 73.2 Å². The first-order valence-corrected chi connectivity index (χ1v) is 12.3. The molecule has 2 heterocycles. The second kappa shape index (κ2) is 8.74. The van der Waals surface area contributed by atoms with Gasteiger partial charge in [0.1, 0.15) is 0 Å². The molecular formula is C22H35N3O3S. The predicted octanol–water partition coefficient (Wildman–Crippen LogP) is 2.59. The fourth-order valence-electron chi connectivity index (χ4n) is 4.77. The molecule has 2 fully saturated rings. The Morgan fingerprint density at radius 2 is 1.72 bits per heavy atom. The number of hydrogen-bond acceptors (Lipinski definition) is 4. The van der Waals surface area contributed by atoms with Gasteiger partial charge in [-0.1, -0.05) is 45.9 Å². The SMILES string of the molecule is CCc1ccccc1S(=O)(=O)N1CCN([C@@]2(CC)CCN(C(=O)C(C)C)C2)CC1. The molecule has 0 bridgehead atoms. The van der Waals surface area contributed by atoms with Gasteiger partial charge in [0.2, 0.25) is 15.9 Å². The Balaban J connectivity index is 1.70. The van der Waals surface area contributed by atoms with Crippen molar-refractivity contribution in [3.8, 4) is 0 Å². The van der Waals surface area contributed by atoms with E-state index in [1.807, 2.05) is 37.8 Å². The van der Waals surface area contributed by atoms with Crippen molar-refractivity contribution in [1.82, 2.24) is 14.1 Å². The summed E-state index contributed by atoms with van der Waals surface area (Å²) in [7, 11) is -3.47. The second-order valence-corrected chi connectivity index (χ2v) is 10.5. The molecule has 0 radical (unpaired) electrons. The topological polar surface area (TPSA) is 60.9 Å². The van der Waals surface area contributed by atoms with Crippen molar-refractivity contribution < 1.29 is 13.2 Å². The van der Waals surface area contributed by atoms with E-state index in [-0.39, 0.29) is 17.4 Å². The van der Waals surface area contributed by atoms with Crippen LogP contribution in [0.5, 0.6) is 0 Å². The molecule has 0 spiro atoms. The number of nitrogens with zero attached hydrogens (tertiary/aromatic N) is 3. The third-order valence-corrected chi connectivity index (χ3v) is 8.68. The zero-order valence-electron chi connectivity index (χ0n) is 18.2. The molecule has 0 N–H and O–H groups in total. The Labute approximate surface area is 175 Å². The van der Waals surface area contributed by atoms with Gasteiger partial charge >= 0.3 is 0 Å². The lowest BCUT2D eigenvalue weighted by molar-refractivity contribution is -0.134. The lowest BCUT2D eigenvalue weighted by Gasteiger charge is -2.45. The highest BCUT2D eigenvalue weighted by Crippen LogP contribution is 2.33. The van der Waals surface area contributed by atoms with Crippen LogP contribution in [0.4, 0.5) is 0 Å². The summed E-state index contributed by atoms with van der Waals surface area (Å²) >= 11 is 0. The molecule has 162 valence electrons.